The number of hydrogen-bond acceptors (Lipinski definition) is 4. The first-order valence-electron chi connectivity index (χ1n) is 10.7. The summed E-state index contributed by atoms with van der Waals surface area (Å²) in [5, 5.41) is 12.0. The molecule has 5 nitrogen and oxygen atoms in total. The fourth-order valence-corrected chi connectivity index (χ4v) is 4.22. The van der Waals surface area contributed by atoms with Crippen LogP contribution in [0, 0.1) is 19.9 Å². The standard InChI is InChI=1S/C23H18N3.C5H8O2.Ir/c1-14-8-15(2)10-18(9-14)21-23-22(25-13-24-21)19-11-16-6-4-5-7-17(16)12-20(19)26(23)3;1-4(6)3-5(2)7;/h4-9,11-13H,1-3H3;3,6H,1-2H3;/q-1;;/b;4-3-;. The summed E-state index contributed by atoms with van der Waals surface area (Å²) in [6, 6.07) is 20.6. The molecule has 0 aliphatic rings. The summed E-state index contributed by atoms with van der Waals surface area (Å²) >= 11 is 0. The molecule has 0 unspecified atom stereocenters. The number of fused-ring (bicyclic) bond motifs is 4. The minimum atomic E-state index is -0.125. The van der Waals surface area contributed by atoms with Crippen molar-refractivity contribution >= 4 is 38.5 Å². The molecule has 0 saturated heterocycles. The van der Waals surface area contributed by atoms with Gasteiger partial charge in [0, 0.05) is 44.3 Å². The van der Waals surface area contributed by atoms with Gasteiger partial charge in [-0.1, -0.05) is 38.1 Å². The van der Waals surface area contributed by atoms with Crippen molar-refractivity contribution in [2.24, 2.45) is 7.05 Å². The van der Waals surface area contributed by atoms with Crippen LogP contribution in [0.3, 0.4) is 0 Å². The van der Waals surface area contributed by atoms with Crippen LogP contribution in [-0.2, 0) is 31.9 Å². The Kier molecular flexibility index (Phi) is 7.65. The van der Waals surface area contributed by atoms with Gasteiger partial charge in [-0.3, -0.25) is 9.78 Å². The molecule has 2 aromatic heterocycles. The Balaban J connectivity index is 0.000000357. The fourth-order valence-electron chi connectivity index (χ4n) is 4.22. The van der Waals surface area contributed by atoms with Gasteiger partial charge in [0.15, 0.2) is 5.78 Å². The normalized spacial score (nSPS) is 11.3. The van der Waals surface area contributed by atoms with E-state index in [2.05, 4.69) is 90.0 Å². The minimum absolute atomic E-state index is 0. The number of ketones is 1. The second kappa shape index (κ2) is 10.3. The van der Waals surface area contributed by atoms with Crippen molar-refractivity contribution in [2.45, 2.75) is 27.7 Å². The molecule has 0 aliphatic carbocycles. The second-order valence-electron chi connectivity index (χ2n) is 8.35. The van der Waals surface area contributed by atoms with Crippen LogP contribution in [0.15, 0.2) is 66.7 Å². The molecule has 2 heterocycles. The van der Waals surface area contributed by atoms with E-state index in [1.807, 2.05) is 0 Å². The van der Waals surface area contributed by atoms with Crippen LogP contribution in [0.25, 0.3) is 44.0 Å². The fraction of sp³-hybridized carbons (Fsp3) is 0.179. The smallest absolute Gasteiger partial charge is 0.155 e. The number of carbonyl (C=O) groups is 1. The minimum Gasteiger partial charge on any atom is -0.512 e. The van der Waals surface area contributed by atoms with E-state index in [-0.39, 0.29) is 31.6 Å². The molecule has 6 heteroatoms. The molecule has 34 heavy (non-hydrogen) atoms. The first kappa shape index (κ1) is 25.3. The summed E-state index contributed by atoms with van der Waals surface area (Å²) in [6.07, 6.45) is 2.83. The van der Waals surface area contributed by atoms with Crippen molar-refractivity contribution < 1.29 is 30.0 Å². The molecule has 5 rings (SSSR count). The third-order valence-corrected chi connectivity index (χ3v) is 5.45. The molecule has 0 aliphatic heterocycles. The molecule has 0 atom stereocenters. The Morgan fingerprint density at radius 3 is 2.29 bits per heavy atom. The molecule has 0 fully saturated rings. The van der Waals surface area contributed by atoms with E-state index < -0.39 is 0 Å². The zero-order valence-electron chi connectivity index (χ0n) is 19.8. The Morgan fingerprint density at radius 2 is 1.71 bits per heavy atom. The van der Waals surface area contributed by atoms with Crippen molar-refractivity contribution in [3.05, 3.63) is 83.9 Å². The molecule has 1 radical (unpaired) electrons. The molecule has 0 saturated carbocycles. The van der Waals surface area contributed by atoms with E-state index in [0.717, 1.165) is 33.2 Å². The zero-order chi connectivity index (χ0) is 23.7. The molecule has 3 aromatic carbocycles. The second-order valence-corrected chi connectivity index (χ2v) is 8.35. The van der Waals surface area contributed by atoms with Gasteiger partial charge in [-0.05, 0) is 36.8 Å². The number of nitrogens with zero attached hydrogens (tertiary/aromatic N) is 3. The number of benzene rings is 3. The summed E-state index contributed by atoms with van der Waals surface area (Å²) in [4.78, 5) is 19.3. The van der Waals surface area contributed by atoms with Gasteiger partial charge in [-0.15, -0.1) is 34.9 Å². The topological polar surface area (TPSA) is 68.0 Å². The van der Waals surface area contributed by atoms with E-state index in [0.29, 0.717) is 0 Å². The number of aromatic nitrogens is 3. The van der Waals surface area contributed by atoms with Gasteiger partial charge in [0.05, 0.1) is 22.3 Å². The molecule has 0 spiro atoms. The average Bonchev–Trinajstić information content (AvgIpc) is 3.03. The van der Waals surface area contributed by atoms with Crippen LogP contribution in [0.1, 0.15) is 25.0 Å². The van der Waals surface area contributed by atoms with Gasteiger partial charge in [-0.25, -0.2) is 4.98 Å². The summed E-state index contributed by atoms with van der Waals surface area (Å²) in [7, 11) is 2.09. The molecule has 0 amide bonds. The molecule has 175 valence electrons. The summed E-state index contributed by atoms with van der Waals surface area (Å²) in [6.45, 7) is 7.03. The first-order chi connectivity index (χ1) is 15.7. The quantitative estimate of drug-likeness (QED) is 0.140. The number of aryl methyl sites for hydroxylation is 3. The zero-order valence-corrected chi connectivity index (χ0v) is 22.2. The van der Waals surface area contributed by atoms with Crippen LogP contribution in [0.2, 0.25) is 0 Å². The third-order valence-electron chi connectivity index (χ3n) is 5.45. The predicted octanol–water partition coefficient (Wildman–Crippen LogP) is 6.39. The van der Waals surface area contributed by atoms with Gasteiger partial charge in [0.2, 0.25) is 0 Å². The van der Waals surface area contributed by atoms with Crippen molar-refractivity contribution in [3.8, 4) is 11.3 Å². The monoisotopic (exact) mass is 629 g/mol. The molecular formula is C28H26IrN3O2-. The number of rotatable bonds is 2. The Morgan fingerprint density at radius 1 is 1.03 bits per heavy atom. The van der Waals surface area contributed by atoms with Gasteiger partial charge < -0.3 is 9.67 Å². The van der Waals surface area contributed by atoms with E-state index >= 15 is 0 Å². The summed E-state index contributed by atoms with van der Waals surface area (Å²) in [5.74, 6) is -0.0625. The SMILES string of the molecule is CC(=O)/C=C(/C)O.Cc1[c-]c(-c2ncnc3c4cc5ccccc5cc4n(C)c23)cc(C)c1.[Ir]. The predicted molar refractivity (Wildman–Crippen MR) is 134 cm³/mol. The molecule has 0 bridgehead atoms. The van der Waals surface area contributed by atoms with Gasteiger partial charge in [0.25, 0.3) is 0 Å². The Hall–Kier alpha value is -3.34. The van der Waals surface area contributed by atoms with Crippen LogP contribution < -0.4 is 0 Å². The van der Waals surface area contributed by atoms with Crippen molar-refractivity contribution in [3.63, 3.8) is 0 Å². The average molecular weight is 629 g/mol. The number of carbonyl (C=O) groups excluding carboxylic acids is 1. The summed E-state index contributed by atoms with van der Waals surface area (Å²) in [5.41, 5.74) is 7.51. The van der Waals surface area contributed by atoms with Gasteiger partial charge in [-0.2, -0.15) is 0 Å². The van der Waals surface area contributed by atoms with Crippen LogP contribution in [0.5, 0.6) is 0 Å². The maximum atomic E-state index is 10.0. The van der Waals surface area contributed by atoms with Crippen LogP contribution >= 0.6 is 0 Å². The van der Waals surface area contributed by atoms with E-state index in [1.165, 1.54) is 41.8 Å². The van der Waals surface area contributed by atoms with Gasteiger partial charge >= 0.3 is 0 Å². The first-order valence-corrected chi connectivity index (χ1v) is 10.7. The van der Waals surface area contributed by atoms with Crippen molar-refractivity contribution in [2.75, 3.05) is 0 Å². The van der Waals surface area contributed by atoms with E-state index in [9.17, 15) is 4.79 Å². The van der Waals surface area contributed by atoms with E-state index in [4.69, 9.17) is 5.11 Å². The maximum Gasteiger partial charge on any atom is 0.155 e. The molecule has 5 aromatic rings. The summed E-state index contributed by atoms with van der Waals surface area (Å²) < 4.78 is 2.21. The maximum absolute atomic E-state index is 10.0. The number of hydrogen-bond donors (Lipinski definition) is 1. The van der Waals surface area contributed by atoms with Gasteiger partial charge in [0.1, 0.15) is 6.33 Å². The number of aliphatic hydroxyl groups is 1. The number of allylic oxidation sites excluding steroid dienone is 2. The molecular weight excluding hydrogens is 603 g/mol. The third kappa shape index (κ3) is 5.09. The van der Waals surface area contributed by atoms with Crippen LogP contribution in [-0.4, -0.2) is 25.4 Å². The number of aliphatic hydroxyl groups excluding tert-OH is 1. The van der Waals surface area contributed by atoms with Crippen molar-refractivity contribution in [1.82, 2.24) is 14.5 Å². The Bertz CT molecular complexity index is 1530. The van der Waals surface area contributed by atoms with Crippen molar-refractivity contribution in [1.29, 1.82) is 0 Å². The van der Waals surface area contributed by atoms with Crippen LogP contribution in [0.4, 0.5) is 0 Å². The largest absolute Gasteiger partial charge is 0.512 e. The Labute approximate surface area is 212 Å². The van der Waals surface area contributed by atoms with E-state index in [1.54, 1.807) is 6.33 Å². The molecule has 1 N–H and O–H groups in total.